The van der Waals surface area contributed by atoms with Crippen LogP contribution in [0.1, 0.15) is 38.5 Å². The van der Waals surface area contributed by atoms with Gasteiger partial charge < -0.3 is 42.7 Å². The van der Waals surface area contributed by atoms with Gasteiger partial charge in [-0.1, -0.05) is 0 Å². The van der Waals surface area contributed by atoms with Crippen molar-refractivity contribution in [2.45, 2.75) is 70.3 Å². The molecule has 0 aromatic heterocycles. The van der Waals surface area contributed by atoms with Crippen LogP contribution in [0.3, 0.4) is 0 Å². The highest BCUT2D eigenvalue weighted by molar-refractivity contribution is 6.71. The van der Waals surface area contributed by atoms with Crippen LogP contribution >= 0.6 is 0 Å². The van der Waals surface area contributed by atoms with E-state index in [1.165, 1.54) is 57.8 Å². The molecule has 1 aliphatic heterocycles. The van der Waals surface area contributed by atoms with E-state index in [9.17, 15) is 0 Å². The largest absolute Gasteiger partial charge is 0.420 e. The van der Waals surface area contributed by atoms with Crippen LogP contribution in [-0.4, -0.2) is 168 Å². The summed E-state index contributed by atoms with van der Waals surface area (Å²) in [6, 6.07) is 2.29. The summed E-state index contributed by atoms with van der Waals surface area (Å²) in [5, 5.41) is 0. The highest BCUT2D eigenvalue weighted by atomic mass is 28.4. The second-order valence-corrected chi connectivity index (χ2v) is 21.5. The Bertz CT molecular complexity index is 698. The minimum atomic E-state index is -1.99. The molecule has 0 saturated heterocycles. The van der Waals surface area contributed by atoms with E-state index in [1.807, 2.05) is 7.11 Å². The molecule has 1 rings (SSSR count). The van der Waals surface area contributed by atoms with Gasteiger partial charge in [0.05, 0.1) is 6.67 Å². The molecular weight excluding hydrogens is 561 g/mol. The maximum absolute atomic E-state index is 5.78. The van der Waals surface area contributed by atoms with E-state index in [4.69, 9.17) is 13.3 Å². The van der Waals surface area contributed by atoms with Crippen LogP contribution < -0.4 is 0 Å². The minimum Gasteiger partial charge on any atom is -0.420 e. The van der Waals surface area contributed by atoms with Crippen molar-refractivity contribution >= 4 is 16.9 Å². The summed E-state index contributed by atoms with van der Waals surface area (Å²) >= 11 is 0. The Morgan fingerprint density at radius 3 is 1.36 bits per heavy atom. The van der Waals surface area contributed by atoms with Gasteiger partial charge in [-0.3, -0.25) is 0 Å². The third kappa shape index (κ3) is 19.0. The summed E-state index contributed by atoms with van der Waals surface area (Å²) in [5.41, 5.74) is 0. The van der Waals surface area contributed by atoms with Crippen LogP contribution in [0.15, 0.2) is 12.4 Å². The standard InChI is InChI=1S/C31H70N6O3Si2/c1-32(2)17-11-19-34(25-15-29-41(8,9)38-5)21-13-23-36-27-28-37(31-36)24-14-22-35(20-12-18-33(3)4)26-16-30-42(10,39-6)40-7/h27-28H,11-26,29-31H2,1-10H3. The molecule has 250 valence electrons. The lowest BCUT2D eigenvalue weighted by Crippen LogP contribution is -2.38. The van der Waals surface area contributed by atoms with E-state index in [2.05, 4.69) is 89.6 Å². The van der Waals surface area contributed by atoms with Crippen LogP contribution in [0.5, 0.6) is 0 Å². The van der Waals surface area contributed by atoms with E-state index in [-0.39, 0.29) is 0 Å². The molecule has 11 heteroatoms. The minimum absolute atomic E-state index is 1.03. The SMILES string of the molecule is CO[Si](C)(C)CCCN(CCCN(C)C)CCCN1C=CN(CCCN(CCCN(C)C)CCC[Si](C)(OC)OC)C1. The summed E-state index contributed by atoms with van der Waals surface area (Å²) in [7, 11) is 10.7. The monoisotopic (exact) mass is 631 g/mol. The molecule has 0 saturated carbocycles. The molecule has 42 heavy (non-hydrogen) atoms. The Hall–Kier alpha value is -0.506. The van der Waals surface area contributed by atoms with Crippen LogP contribution in [0.25, 0.3) is 0 Å². The Morgan fingerprint density at radius 1 is 0.548 bits per heavy atom. The molecule has 0 aromatic rings. The number of rotatable bonds is 27. The van der Waals surface area contributed by atoms with Gasteiger partial charge >= 0.3 is 8.56 Å². The molecule has 0 radical (unpaired) electrons. The zero-order valence-corrected chi connectivity index (χ0v) is 31.5. The summed E-state index contributed by atoms with van der Waals surface area (Å²) in [4.78, 5) is 14.9. The van der Waals surface area contributed by atoms with Gasteiger partial charge in [-0.05, 0) is 151 Å². The molecule has 0 atom stereocenters. The molecule has 1 aliphatic rings. The van der Waals surface area contributed by atoms with E-state index >= 15 is 0 Å². The Labute approximate surface area is 263 Å². The Kier molecular flexibility index (Phi) is 20.8. The van der Waals surface area contributed by atoms with E-state index in [1.54, 1.807) is 14.2 Å². The smallest absolute Gasteiger partial charge is 0.334 e. The highest BCUT2D eigenvalue weighted by Gasteiger charge is 2.28. The van der Waals surface area contributed by atoms with Crippen LogP contribution in [0.4, 0.5) is 0 Å². The van der Waals surface area contributed by atoms with Gasteiger partial charge in [-0.15, -0.1) is 0 Å². The third-order valence-electron chi connectivity index (χ3n) is 8.62. The van der Waals surface area contributed by atoms with Crippen molar-refractivity contribution in [3.8, 4) is 0 Å². The molecule has 0 N–H and O–H groups in total. The predicted molar refractivity (Wildman–Crippen MR) is 185 cm³/mol. The van der Waals surface area contributed by atoms with Gasteiger partial charge in [0, 0.05) is 46.8 Å². The van der Waals surface area contributed by atoms with Crippen LogP contribution in [0, 0.1) is 0 Å². The predicted octanol–water partition coefficient (Wildman–Crippen LogP) is 4.32. The van der Waals surface area contributed by atoms with Crippen molar-refractivity contribution < 1.29 is 13.3 Å². The van der Waals surface area contributed by atoms with Gasteiger partial charge in [-0.25, -0.2) is 0 Å². The van der Waals surface area contributed by atoms with Crippen molar-refractivity contribution in [1.82, 2.24) is 29.4 Å². The first-order valence-electron chi connectivity index (χ1n) is 16.5. The summed E-state index contributed by atoms with van der Waals surface area (Å²) in [6.07, 6.45) is 11.9. The van der Waals surface area contributed by atoms with E-state index in [0.717, 1.165) is 64.9 Å². The molecule has 0 bridgehead atoms. The fourth-order valence-electron chi connectivity index (χ4n) is 5.44. The lowest BCUT2D eigenvalue weighted by Gasteiger charge is -2.28. The van der Waals surface area contributed by atoms with Crippen molar-refractivity contribution in [1.29, 1.82) is 0 Å². The fraction of sp³-hybridized carbons (Fsp3) is 0.935. The molecular formula is C31H70N6O3Si2. The average molecular weight is 631 g/mol. The highest BCUT2D eigenvalue weighted by Crippen LogP contribution is 2.16. The zero-order valence-electron chi connectivity index (χ0n) is 29.5. The Balaban J connectivity index is 2.41. The molecule has 0 spiro atoms. The molecule has 9 nitrogen and oxygen atoms in total. The van der Waals surface area contributed by atoms with Gasteiger partial charge in [0.1, 0.15) is 0 Å². The van der Waals surface area contributed by atoms with Crippen LogP contribution in [0.2, 0.25) is 31.7 Å². The van der Waals surface area contributed by atoms with Gasteiger partial charge in [-0.2, -0.15) is 0 Å². The van der Waals surface area contributed by atoms with E-state index in [0.29, 0.717) is 0 Å². The Morgan fingerprint density at radius 2 is 0.952 bits per heavy atom. The van der Waals surface area contributed by atoms with Crippen molar-refractivity contribution in [3.63, 3.8) is 0 Å². The second kappa shape index (κ2) is 22.1. The summed E-state index contributed by atoms with van der Waals surface area (Å²) in [5.74, 6) is 0. The second-order valence-electron chi connectivity index (χ2n) is 13.5. The zero-order chi connectivity index (χ0) is 31.4. The van der Waals surface area contributed by atoms with Gasteiger partial charge in [0.2, 0.25) is 0 Å². The van der Waals surface area contributed by atoms with Gasteiger partial charge in [0.15, 0.2) is 8.32 Å². The first kappa shape index (κ1) is 39.5. The number of hydrogen-bond acceptors (Lipinski definition) is 9. The van der Waals surface area contributed by atoms with Crippen molar-refractivity contribution in [3.05, 3.63) is 12.4 Å². The molecule has 0 amide bonds. The normalized spacial score (nSPS) is 14.6. The molecule has 0 aliphatic carbocycles. The molecule has 0 fully saturated rings. The molecule has 1 heterocycles. The average Bonchev–Trinajstić information content (AvgIpc) is 3.39. The lowest BCUT2D eigenvalue weighted by molar-refractivity contribution is 0.208. The topological polar surface area (TPSA) is 47.1 Å². The maximum Gasteiger partial charge on any atom is 0.334 e. The first-order valence-corrected chi connectivity index (χ1v) is 22.1. The number of hydrogen-bond donors (Lipinski definition) is 0. The van der Waals surface area contributed by atoms with Crippen molar-refractivity contribution in [2.75, 3.05) is 122 Å². The summed E-state index contributed by atoms with van der Waals surface area (Å²) < 4.78 is 17.2. The van der Waals surface area contributed by atoms with Crippen LogP contribution in [-0.2, 0) is 13.3 Å². The molecule has 0 unspecified atom stereocenters. The first-order chi connectivity index (χ1) is 19.9. The lowest BCUT2D eigenvalue weighted by atomic mass is 10.3. The quantitative estimate of drug-likeness (QED) is 0.124. The molecule has 0 aromatic carbocycles. The summed E-state index contributed by atoms with van der Waals surface area (Å²) in [6.45, 7) is 19.4. The van der Waals surface area contributed by atoms with E-state index < -0.39 is 16.9 Å². The number of nitrogens with zero attached hydrogens (tertiary/aromatic N) is 6. The third-order valence-corrected chi connectivity index (χ3v) is 14.3. The van der Waals surface area contributed by atoms with Gasteiger partial charge in [0.25, 0.3) is 0 Å². The maximum atomic E-state index is 5.78. The van der Waals surface area contributed by atoms with Crippen molar-refractivity contribution in [2.24, 2.45) is 0 Å². The fourth-order valence-corrected chi connectivity index (χ4v) is 8.02.